The van der Waals surface area contributed by atoms with Gasteiger partial charge in [0.05, 0.1) is 10.6 Å². The molecule has 2 aromatic rings. The zero-order chi connectivity index (χ0) is 23.5. The van der Waals surface area contributed by atoms with Crippen LogP contribution in [0.3, 0.4) is 0 Å². The highest BCUT2D eigenvalue weighted by molar-refractivity contribution is 7.89. The molecule has 0 atom stereocenters. The van der Waals surface area contributed by atoms with E-state index in [0.717, 1.165) is 29.1 Å². The van der Waals surface area contributed by atoms with E-state index in [-0.39, 0.29) is 50.0 Å². The number of aromatic nitrogens is 2. The lowest BCUT2D eigenvalue weighted by Gasteiger charge is -2.33. The summed E-state index contributed by atoms with van der Waals surface area (Å²) in [5, 5.41) is 4.31. The summed E-state index contributed by atoms with van der Waals surface area (Å²) in [5.74, 6) is -1.36. The van der Waals surface area contributed by atoms with Crippen LogP contribution >= 0.6 is 0 Å². The summed E-state index contributed by atoms with van der Waals surface area (Å²) in [6, 6.07) is 4.63. The molecule has 1 aliphatic heterocycles. The molecule has 1 aromatic carbocycles. The number of rotatable bonds is 7. The number of amides is 1. The molecule has 0 saturated carbocycles. The van der Waals surface area contributed by atoms with Crippen molar-refractivity contribution in [2.45, 2.75) is 31.6 Å². The Balaban J connectivity index is 1.45. The molecule has 1 aliphatic rings. The number of nitrogens with zero attached hydrogens (tertiary/aromatic N) is 4. The van der Waals surface area contributed by atoms with E-state index < -0.39 is 21.8 Å². The maximum atomic E-state index is 13.1. The summed E-state index contributed by atoms with van der Waals surface area (Å²) in [7, 11) is -1.92. The van der Waals surface area contributed by atoms with Crippen LogP contribution in [0.25, 0.3) is 0 Å². The number of carbonyl (C=O) groups is 2. The number of piperazine rings is 1. The molecule has 3 rings (SSSR count). The van der Waals surface area contributed by atoms with Gasteiger partial charge in [0.25, 0.3) is 5.91 Å². The van der Waals surface area contributed by atoms with Crippen molar-refractivity contribution < 1.29 is 27.1 Å². The number of hydrogen-bond donors (Lipinski definition) is 0. The molecule has 11 heteroatoms. The highest BCUT2D eigenvalue weighted by Gasteiger charge is 2.30. The predicted octanol–water partition coefficient (Wildman–Crippen LogP) is 1.18. The molecule has 1 saturated heterocycles. The van der Waals surface area contributed by atoms with Crippen molar-refractivity contribution in [3.63, 3.8) is 0 Å². The molecule has 0 spiro atoms. The Labute approximate surface area is 186 Å². The average Bonchev–Trinajstić information content (AvgIpc) is 3.01. The van der Waals surface area contributed by atoms with E-state index in [9.17, 15) is 22.4 Å². The molecular formula is C21H27FN4O5S. The van der Waals surface area contributed by atoms with E-state index in [2.05, 4.69) is 5.10 Å². The topological polar surface area (TPSA) is 102 Å². The number of hydrogen-bond acceptors (Lipinski definition) is 6. The molecule has 0 radical (unpaired) electrons. The summed E-state index contributed by atoms with van der Waals surface area (Å²) < 4.78 is 46.5. The Kier molecular flexibility index (Phi) is 7.29. The van der Waals surface area contributed by atoms with Crippen molar-refractivity contribution >= 4 is 21.9 Å². The van der Waals surface area contributed by atoms with Crippen LogP contribution in [0.2, 0.25) is 0 Å². The minimum atomic E-state index is -3.76. The summed E-state index contributed by atoms with van der Waals surface area (Å²) in [4.78, 5) is 25.9. The zero-order valence-electron chi connectivity index (χ0n) is 18.4. The maximum Gasteiger partial charge on any atom is 0.306 e. The molecule has 2 heterocycles. The highest BCUT2D eigenvalue weighted by Crippen LogP contribution is 2.18. The number of benzene rings is 1. The first kappa shape index (κ1) is 23.9. The summed E-state index contributed by atoms with van der Waals surface area (Å²) >= 11 is 0. The van der Waals surface area contributed by atoms with Crippen LogP contribution in [0.4, 0.5) is 4.39 Å². The van der Waals surface area contributed by atoms with Crippen LogP contribution in [0, 0.1) is 19.7 Å². The summed E-state index contributed by atoms with van der Waals surface area (Å²) in [5.41, 5.74) is 2.84. The number of aryl methyl sites for hydroxylation is 2. The monoisotopic (exact) mass is 466 g/mol. The first-order valence-corrected chi connectivity index (χ1v) is 11.7. The van der Waals surface area contributed by atoms with Gasteiger partial charge in [-0.25, -0.2) is 12.8 Å². The SMILES string of the molecule is Cc1nn(C)c(C)c1CCC(=O)OCC(=O)N1CCN(S(=O)(=O)c2ccc(F)cc2)CC1. The number of sulfonamides is 1. The Hall–Kier alpha value is -2.79. The molecule has 0 bridgehead atoms. The van der Waals surface area contributed by atoms with Gasteiger partial charge >= 0.3 is 5.97 Å². The molecule has 0 N–H and O–H groups in total. The van der Waals surface area contributed by atoms with Crippen LogP contribution < -0.4 is 0 Å². The van der Waals surface area contributed by atoms with Gasteiger partial charge in [0.15, 0.2) is 6.61 Å². The number of carbonyl (C=O) groups excluding carboxylic acids is 2. The minimum Gasteiger partial charge on any atom is -0.456 e. The molecule has 1 aromatic heterocycles. The van der Waals surface area contributed by atoms with Crippen LogP contribution in [0.5, 0.6) is 0 Å². The van der Waals surface area contributed by atoms with Crippen molar-refractivity contribution in [3.8, 4) is 0 Å². The zero-order valence-corrected chi connectivity index (χ0v) is 19.2. The lowest BCUT2D eigenvalue weighted by molar-refractivity contribution is -0.152. The van der Waals surface area contributed by atoms with E-state index in [0.29, 0.717) is 6.42 Å². The molecular weight excluding hydrogens is 439 g/mol. The third-order valence-corrected chi connectivity index (χ3v) is 7.55. The fourth-order valence-corrected chi connectivity index (χ4v) is 5.07. The molecule has 32 heavy (non-hydrogen) atoms. The Bertz CT molecular complexity index is 1090. The van der Waals surface area contributed by atoms with E-state index in [4.69, 9.17) is 4.74 Å². The van der Waals surface area contributed by atoms with Crippen LogP contribution in [0.15, 0.2) is 29.2 Å². The van der Waals surface area contributed by atoms with Gasteiger partial charge in [-0.2, -0.15) is 9.40 Å². The second kappa shape index (κ2) is 9.78. The van der Waals surface area contributed by atoms with E-state index in [1.807, 2.05) is 20.9 Å². The van der Waals surface area contributed by atoms with E-state index in [1.165, 1.54) is 21.3 Å². The van der Waals surface area contributed by atoms with Gasteiger partial charge in [-0.1, -0.05) is 0 Å². The second-order valence-electron chi connectivity index (χ2n) is 7.67. The lowest BCUT2D eigenvalue weighted by atomic mass is 10.1. The Morgan fingerprint density at radius 3 is 2.28 bits per heavy atom. The van der Waals surface area contributed by atoms with Gasteiger partial charge < -0.3 is 9.64 Å². The second-order valence-corrected chi connectivity index (χ2v) is 9.61. The Morgan fingerprint density at radius 2 is 1.72 bits per heavy atom. The molecule has 0 unspecified atom stereocenters. The standard InChI is InChI=1S/C21H27FN4O5S/c1-15-19(16(2)24(3)23-15)8-9-21(28)31-14-20(27)25-10-12-26(13-11-25)32(29,30)18-6-4-17(22)5-7-18/h4-7H,8-14H2,1-3H3. The van der Waals surface area contributed by atoms with E-state index in [1.54, 1.807) is 4.68 Å². The van der Waals surface area contributed by atoms with Gasteiger partial charge in [0.2, 0.25) is 10.0 Å². The number of ether oxygens (including phenoxy) is 1. The van der Waals surface area contributed by atoms with Gasteiger partial charge in [-0.15, -0.1) is 0 Å². The van der Waals surface area contributed by atoms with Crippen LogP contribution in [-0.4, -0.2) is 72.1 Å². The van der Waals surface area contributed by atoms with E-state index >= 15 is 0 Å². The fraction of sp³-hybridized carbons (Fsp3) is 0.476. The quantitative estimate of drug-likeness (QED) is 0.568. The molecule has 9 nitrogen and oxygen atoms in total. The maximum absolute atomic E-state index is 13.1. The predicted molar refractivity (Wildman–Crippen MR) is 114 cm³/mol. The third kappa shape index (κ3) is 5.33. The molecule has 1 amide bonds. The lowest BCUT2D eigenvalue weighted by Crippen LogP contribution is -2.51. The van der Waals surface area contributed by atoms with Crippen molar-refractivity contribution in [1.82, 2.24) is 19.0 Å². The van der Waals surface area contributed by atoms with Crippen molar-refractivity contribution in [2.24, 2.45) is 7.05 Å². The largest absolute Gasteiger partial charge is 0.456 e. The summed E-state index contributed by atoms with van der Waals surface area (Å²) in [6.45, 7) is 4.02. The van der Waals surface area contributed by atoms with Crippen molar-refractivity contribution in [1.29, 1.82) is 0 Å². The van der Waals surface area contributed by atoms with Crippen molar-refractivity contribution in [2.75, 3.05) is 32.8 Å². The molecule has 174 valence electrons. The molecule has 1 fully saturated rings. The van der Waals surface area contributed by atoms with Gasteiger partial charge in [0.1, 0.15) is 5.82 Å². The van der Waals surface area contributed by atoms with Crippen molar-refractivity contribution in [3.05, 3.63) is 47.0 Å². The van der Waals surface area contributed by atoms with Gasteiger partial charge in [0, 0.05) is 45.3 Å². The van der Waals surface area contributed by atoms with Crippen LogP contribution in [0.1, 0.15) is 23.4 Å². The molecule has 0 aliphatic carbocycles. The average molecular weight is 467 g/mol. The first-order chi connectivity index (χ1) is 15.1. The van der Waals surface area contributed by atoms with Gasteiger partial charge in [-0.3, -0.25) is 14.3 Å². The normalized spacial score (nSPS) is 15.1. The smallest absolute Gasteiger partial charge is 0.306 e. The first-order valence-electron chi connectivity index (χ1n) is 10.3. The summed E-state index contributed by atoms with van der Waals surface area (Å²) in [6.07, 6.45) is 0.628. The Morgan fingerprint density at radius 1 is 1.09 bits per heavy atom. The minimum absolute atomic E-state index is 0.00620. The number of halogens is 1. The van der Waals surface area contributed by atoms with Gasteiger partial charge in [-0.05, 0) is 50.1 Å². The van der Waals surface area contributed by atoms with Crippen LogP contribution in [-0.2, 0) is 37.8 Å². The number of esters is 1. The highest BCUT2D eigenvalue weighted by atomic mass is 32.2. The third-order valence-electron chi connectivity index (χ3n) is 5.64. The fourth-order valence-electron chi connectivity index (χ4n) is 3.65.